The Hall–Kier alpha value is -0.440. The zero-order chi connectivity index (χ0) is 11.8. The zero-order valence-corrected chi connectivity index (χ0v) is 11.0. The number of morpholine rings is 1. The van der Waals surface area contributed by atoms with Crippen LogP contribution in [0.4, 0.5) is 5.69 Å². The molecule has 0 saturated carbocycles. The Morgan fingerprint density at radius 1 is 1.24 bits per heavy atom. The summed E-state index contributed by atoms with van der Waals surface area (Å²) >= 11 is 12.0. The Kier molecular flexibility index (Phi) is 3.20. The molecule has 0 N–H and O–H groups in total. The molecule has 92 valence electrons. The lowest BCUT2D eigenvalue weighted by molar-refractivity contribution is 0.0304. The standard InChI is InChI=1S/C13H15Cl2NO/c14-6-9-5-10(15)1-4-13(9)16-7-11-2-3-12(8-16)17-11/h1,4-5,11-12H,2-3,6-8H2. The van der Waals surface area contributed by atoms with Crippen molar-refractivity contribution >= 4 is 28.9 Å². The second kappa shape index (κ2) is 4.68. The third-order valence-electron chi connectivity index (χ3n) is 3.57. The van der Waals surface area contributed by atoms with Crippen molar-refractivity contribution in [1.82, 2.24) is 0 Å². The number of hydrogen-bond donors (Lipinski definition) is 0. The van der Waals surface area contributed by atoms with Crippen LogP contribution in [0.1, 0.15) is 18.4 Å². The minimum Gasteiger partial charge on any atom is -0.371 e. The Labute approximate surface area is 111 Å². The van der Waals surface area contributed by atoms with E-state index in [2.05, 4.69) is 11.0 Å². The molecular formula is C13H15Cl2NO. The van der Waals surface area contributed by atoms with Gasteiger partial charge in [-0.25, -0.2) is 0 Å². The molecule has 0 spiro atoms. The van der Waals surface area contributed by atoms with Crippen LogP contribution in [-0.4, -0.2) is 25.3 Å². The molecule has 3 rings (SSSR count). The molecule has 2 fully saturated rings. The number of ether oxygens (including phenoxy) is 1. The van der Waals surface area contributed by atoms with E-state index in [0.717, 1.165) is 23.7 Å². The molecule has 2 bridgehead atoms. The number of anilines is 1. The first-order valence-electron chi connectivity index (χ1n) is 6.01. The molecule has 17 heavy (non-hydrogen) atoms. The first-order chi connectivity index (χ1) is 8.26. The van der Waals surface area contributed by atoms with Crippen molar-refractivity contribution < 1.29 is 4.74 Å². The van der Waals surface area contributed by atoms with Gasteiger partial charge in [0.2, 0.25) is 0 Å². The summed E-state index contributed by atoms with van der Waals surface area (Å²) in [5.41, 5.74) is 2.32. The first-order valence-corrected chi connectivity index (χ1v) is 6.92. The fourth-order valence-corrected chi connectivity index (χ4v) is 3.19. The number of rotatable bonds is 2. The van der Waals surface area contributed by atoms with E-state index in [0.29, 0.717) is 18.1 Å². The monoisotopic (exact) mass is 271 g/mol. The van der Waals surface area contributed by atoms with Crippen LogP contribution >= 0.6 is 23.2 Å². The van der Waals surface area contributed by atoms with Gasteiger partial charge in [-0.2, -0.15) is 0 Å². The molecule has 1 aromatic rings. The first kappa shape index (κ1) is 11.6. The molecule has 2 saturated heterocycles. The van der Waals surface area contributed by atoms with Gasteiger partial charge in [-0.3, -0.25) is 0 Å². The fourth-order valence-electron chi connectivity index (χ4n) is 2.78. The molecule has 0 amide bonds. The van der Waals surface area contributed by atoms with Crippen molar-refractivity contribution in [3.63, 3.8) is 0 Å². The number of halogens is 2. The van der Waals surface area contributed by atoms with Crippen LogP contribution in [0.25, 0.3) is 0 Å². The maximum atomic E-state index is 6.00. The van der Waals surface area contributed by atoms with Crippen molar-refractivity contribution in [1.29, 1.82) is 0 Å². The zero-order valence-electron chi connectivity index (χ0n) is 9.53. The average Bonchev–Trinajstić information content (AvgIpc) is 2.68. The van der Waals surface area contributed by atoms with Crippen LogP contribution in [0.2, 0.25) is 5.02 Å². The summed E-state index contributed by atoms with van der Waals surface area (Å²) in [6, 6.07) is 5.97. The van der Waals surface area contributed by atoms with Gasteiger partial charge >= 0.3 is 0 Å². The molecule has 2 unspecified atom stereocenters. The van der Waals surface area contributed by atoms with Crippen molar-refractivity contribution in [2.24, 2.45) is 0 Å². The van der Waals surface area contributed by atoms with E-state index in [-0.39, 0.29) is 0 Å². The number of benzene rings is 1. The van der Waals surface area contributed by atoms with E-state index < -0.39 is 0 Å². The molecule has 0 aromatic heterocycles. The highest BCUT2D eigenvalue weighted by Gasteiger charge is 2.34. The van der Waals surface area contributed by atoms with Crippen LogP contribution in [0.3, 0.4) is 0 Å². The van der Waals surface area contributed by atoms with E-state index in [9.17, 15) is 0 Å². The number of alkyl halides is 1. The van der Waals surface area contributed by atoms with Crippen molar-refractivity contribution in [3.05, 3.63) is 28.8 Å². The predicted molar refractivity (Wildman–Crippen MR) is 71.1 cm³/mol. The summed E-state index contributed by atoms with van der Waals surface area (Å²) in [5.74, 6) is 0.503. The third kappa shape index (κ3) is 2.26. The molecule has 0 aliphatic carbocycles. The summed E-state index contributed by atoms with van der Waals surface area (Å²) in [6.45, 7) is 1.95. The van der Waals surface area contributed by atoms with Gasteiger partial charge < -0.3 is 9.64 Å². The molecule has 2 aliphatic rings. The Balaban J connectivity index is 1.88. The van der Waals surface area contributed by atoms with Crippen LogP contribution in [-0.2, 0) is 10.6 Å². The highest BCUT2D eigenvalue weighted by atomic mass is 35.5. The maximum Gasteiger partial charge on any atom is 0.0755 e. The second-order valence-electron chi connectivity index (χ2n) is 4.77. The number of nitrogens with zero attached hydrogens (tertiary/aromatic N) is 1. The van der Waals surface area contributed by atoms with Crippen LogP contribution in [0, 0.1) is 0 Å². The molecule has 2 nitrogen and oxygen atoms in total. The van der Waals surface area contributed by atoms with Gasteiger partial charge in [-0.15, -0.1) is 11.6 Å². The minimum atomic E-state index is 0.396. The summed E-state index contributed by atoms with van der Waals surface area (Å²) in [6.07, 6.45) is 3.16. The minimum absolute atomic E-state index is 0.396. The highest BCUT2D eigenvalue weighted by molar-refractivity contribution is 6.30. The van der Waals surface area contributed by atoms with E-state index >= 15 is 0 Å². The second-order valence-corrected chi connectivity index (χ2v) is 5.47. The van der Waals surface area contributed by atoms with E-state index in [1.54, 1.807) is 0 Å². The smallest absolute Gasteiger partial charge is 0.0755 e. The topological polar surface area (TPSA) is 12.5 Å². The molecule has 2 aliphatic heterocycles. The summed E-state index contributed by atoms with van der Waals surface area (Å²) < 4.78 is 5.85. The quantitative estimate of drug-likeness (QED) is 0.765. The Morgan fingerprint density at radius 2 is 1.94 bits per heavy atom. The van der Waals surface area contributed by atoms with E-state index in [1.807, 2.05) is 12.1 Å². The van der Waals surface area contributed by atoms with E-state index in [1.165, 1.54) is 18.5 Å². The van der Waals surface area contributed by atoms with Gasteiger partial charge in [0, 0.05) is 29.7 Å². The van der Waals surface area contributed by atoms with Gasteiger partial charge in [-0.05, 0) is 36.6 Å². The van der Waals surface area contributed by atoms with Gasteiger partial charge in [0.15, 0.2) is 0 Å². The number of fused-ring (bicyclic) bond motifs is 2. The average molecular weight is 272 g/mol. The van der Waals surface area contributed by atoms with Gasteiger partial charge in [0.05, 0.1) is 12.2 Å². The highest BCUT2D eigenvalue weighted by Crippen LogP contribution is 2.32. The van der Waals surface area contributed by atoms with Gasteiger partial charge in [0.25, 0.3) is 0 Å². The van der Waals surface area contributed by atoms with Gasteiger partial charge in [0.1, 0.15) is 0 Å². The molecule has 0 radical (unpaired) electrons. The fraction of sp³-hybridized carbons (Fsp3) is 0.538. The van der Waals surface area contributed by atoms with Crippen molar-refractivity contribution in [2.45, 2.75) is 30.9 Å². The normalized spacial score (nSPS) is 27.5. The third-order valence-corrected chi connectivity index (χ3v) is 4.09. The summed E-state index contributed by atoms with van der Waals surface area (Å²) in [7, 11) is 0. The van der Waals surface area contributed by atoms with Gasteiger partial charge in [-0.1, -0.05) is 11.6 Å². The lowest BCUT2D eigenvalue weighted by Gasteiger charge is -2.35. The molecule has 1 aromatic carbocycles. The summed E-state index contributed by atoms with van der Waals surface area (Å²) in [4.78, 5) is 2.39. The SMILES string of the molecule is ClCc1cc(Cl)ccc1N1CC2CCC(C1)O2. The molecular weight excluding hydrogens is 257 g/mol. The largest absolute Gasteiger partial charge is 0.371 e. The Morgan fingerprint density at radius 3 is 2.59 bits per heavy atom. The lowest BCUT2D eigenvalue weighted by atomic mass is 10.1. The van der Waals surface area contributed by atoms with Crippen LogP contribution < -0.4 is 4.90 Å². The lowest BCUT2D eigenvalue weighted by Crippen LogP contribution is -2.43. The van der Waals surface area contributed by atoms with Crippen molar-refractivity contribution in [2.75, 3.05) is 18.0 Å². The Bertz CT molecular complexity index is 412. The van der Waals surface area contributed by atoms with Crippen LogP contribution in [0.5, 0.6) is 0 Å². The molecule has 2 atom stereocenters. The summed E-state index contributed by atoms with van der Waals surface area (Å²) in [5, 5.41) is 0.751. The molecule has 2 heterocycles. The predicted octanol–water partition coefficient (Wildman–Crippen LogP) is 3.45. The molecule has 4 heteroatoms. The van der Waals surface area contributed by atoms with Crippen LogP contribution in [0.15, 0.2) is 18.2 Å². The van der Waals surface area contributed by atoms with E-state index in [4.69, 9.17) is 27.9 Å². The van der Waals surface area contributed by atoms with Crippen molar-refractivity contribution in [3.8, 4) is 0 Å². The maximum absolute atomic E-state index is 6.00. The number of hydrogen-bond acceptors (Lipinski definition) is 2.